The summed E-state index contributed by atoms with van der Waals surface area (Å²) in [5.41, 5.74) is 2.00. The highest BCUT2D eigenvalue weighted by Gasteiger charge is 2.17. The van der Waals surface area contributed by atoms with Crippen LogP contribution >= 0.6 is 0 Å². The highest BCUT2D eigenvalue weighted by atomic mass is 16.3. The molecule has 0 aliphatic rings. The summed E-state index contributed by atoms with van der Waals surface area (Å²) in [5, 5.41) is 9.90. The van der Waals surface area contributed by atoms with E-state index in [4.69, 9.17) is 0 Å². The Hall–Kier alpha value is -1.67. The first-order valence-corrected chi connectivity index (χ1v) is 5.32. The van der Waals surface area contributed by atoms with E-state index in [1.54, 1.807) is 20.0 Å². The van der Waals surface area contributed by atoms with Crippen molar-refractivity contribution in [3.05, 3.63) is 54.4 Å². The largest absolute Gasteiger partial charge is 0.384 e. The standard InChI is InChI=1S/C14H15NO/c1-14(2,16)13-10-12(8-9-15-13)11-6-4-3-5-7-11/h3-10,16H,1-2H3. The van der Waals surface area contributed by atoms with Gasteiger partial charge < -0.3 is 5.11 Å². The molecule has 2 rings (SSSR count). The molecule has 82 valence electrons. The third-order valence-electron chi connectivity index (χ3n) is 2.49. The predicted octanol–water partition coefficient (Wildman–Crippen LogP) is 2.98. The first kappa shape index (κ1) is 10.8. The van der Waals surface area contributed by atoms with E-state index >= 15 is 0 Å². The zero-order chi connectivity index (χ0) is 11.6. The minimum absolute atomic E-state index is 0.689. The van der Waals surface area contributed by atoms with Crippen LogP contribution in [0.3, 0.4) is 0 Å². The highest BCUT2D eigenvalue weighted by molar-refractivity contribution is 5.63. The van der Waals surface area contributed by atoms with Gasteiger partial charge in [-0.2, -0.15) is 0 Å². The molecule has 0 spiro atoms. The number of aromatic nitrogens is 1. The Morgan fingerprint density at radius 1 is 1.00 bits per heavy atom. The van der Waals surface area contributed by atoms with E-state index in [9.17, 15) is 5.11 Å². The van der Waals surface area contributed by atoms with Crippen molar-refractivity contribution in [1.29, 1.82) is 0 Å². The Morgan fingerprint density at radius 2 is 1.69 bits per heavy atom. The fourth-order valence-corrected chi connectivity index (χ4v) is 1.58. The van der Waals surface area contributed by atoms with Gasteiger partial charge in [0.05, 0.1) is 5.69 Å². The van der Waals surface area contributed by atoms with Crippen molar-refractivity contribution in [3.63, 3.8) is 0 Å². The van der Waals surface area contributed by atoms with Crippen LogP contribution in [0.4, 0.5) is 0 Å². The molecule has 0 unspecified atom stereocenters. The number of benzene rings is 1. The lowest BCUT2D eigenvalue weighted by molar-refractivity contribution is 0.0739. The summed E-state index contributed by atoms with van der Waals surface area (Å²) in [7, 11) is 0. The van der Waals surface area contributed by atoms with Crippen LogP contribution in [0.2, 0.25) is 0 Å². The van der Waals surface area contributed by atoms with E-state index in [1.807, 2.05) is 42.5 Å². The molecule has 1 aromatic heterocycles. The van der Waals surface area contributed by atoms with Crippen molar-refractivity contribution in [1.82, 2.24) is 4.98 Å². The van der Waals surface area contributed by atoms with Gasteiger partial charge in [-0.3, -0.25) is 4.98 Å². The predicted molar refractivity (Wildman–Crippen MR) is 64.9 cm³/mol. The number of hydrogen-bond acceptors (Lipinski definition) is 2. The van der Waals surface area contributed by atoms with Gasteiger partial charge in [0.1, 0.15) is 5.60 Å². The molecule has 0 saturated carbocycles. The molecule has 0 bridgehead atoms. The molecule has 16 heavy (non-hydrogen) atoms. The third kappa shape index (κ3) is 2.28. The first-order chi connectivity index (χ1) is 7.57. The van der Waals surface area contributed by atoms with E-state index < -0.39 is 5.60 Å². The van der Waals surface area contributed by atoms with Gasteiger partial charge in [-0.25, -0.2) is 0 Å². The molecule has 0 fully saturated rings. The van der Waals surface area contributed by atoms with Crippen molar-refractivity contribution in [3.8, 4) is 11.1 Å². The average molecular weight is 213 g/mol. The van der Waals surface area contributed by atoms with Crippen LogP contribution in [0.15, 0.2) is 48.7 Å². The van der Waals surface area contributed by atoms with Crippen molar-refractivity contribution >= 4 is 0 Å². The summed E-state index contributed by atoms with van der Waals surface area (Å²) < 4.78 is 0. The minimum Gasteiger partial charge on any atom is -0.384 e. The lowest BCUT2D eigenvalue weighted by atomic mass is 10.00. The lowest BCUT2D eigenvalue weighted by Crippen LogP contribution is -2.17. The van der Waals surface area contributed by atoms with Gasteiger partial charge in [0.2, 0.25) is 0 Å². The van der Waals surface area contributed by atoms with E-state index in [0.717, 1.165) is 11.1 Å². The number of aliphatic hydroxyl groups is 1. The Bertz CT molecular complexity index is 472. The second-order valence-corrected chi connectivity index (χ2v) is 4.35. The molecule has 0 radical (unpaired) electrons. The summed E-state index contributed by atoms with van der Waals surface area (Å²) in [5.74, 6) is 0. The SMILES string of the molecule is CC(C)(O)c1cc(-c2ccccc2)ccn1. The zero-order valence-electron chi connectivity index (χ0n) is 9.51. The second kappa shape index (κ2) is 4.06. The second-order valence-electron chi connectivity index (χ2n) is 4.35. The van der Waals surface area contributed by atoms with Gasteiger partial charge in [-0.1, -0.05) is 30.3 Å². The van der Waals surface area contributed by atoms with E-state index in [0.29, 0.717) is 5.69 Å². The van der Waals surface area contributed by atoms with Crippen LogP contribution in [0.25, 0.3) is 11.1 Å². The molecule has 0 atom stereocenters. The fourth-order valence-electron chi connectivity index (χ4n) is 1.58. The van der Waals surface area contributed by atoms with E-state index in [-0.39, 0.29) is 0 Å². The topological polar surface area (TPSA) is 33.1 Å². The quantitative estimate of drug-likeness (QED) is 0.832. The molecule has 1 N–H and O–H groups in total. The molecular formula is C14H15NO. The van der Waals surface area contributed by atoms with Gasteiger partial charge in [0.15, 0.2) is 0 Å². The number of nitrogens with zero attached hydrogens (tertiary/aromatic N) is 1. The molecule has 0 amide bonds. The summed E-state index contributed by atoms with van der Waals surface area (Å²) in [6.45, 7) is 3.48. The lowest BCUT2D eigenvalue weighted by Gasteiger charge is -2.17. The van der Waals surface area contributed by atoms with E-state index in [1.165, 1.54) is 0 Å². The highest BCUT2D eigenvalue weighted by Crippen LogP contribution is 2.23. The summed E-state index contributed by atoms with van der Waals surface area (Å²) in [4.78, 5) is 4.19. The Labute approximate surface area is 95.6 Å². The number of rotatable bonds is 2. The molecule has 0 aliphatic carbocycles. The molecule has 0 aliphatic heterocycles. The van der Waals surface area contributed by atoms with Gasteiger partial charge in [0, 0.05) is 6.20 Å². The minimum atomic E-state index is -0.898. The van der Waals surface area contributed by atoms with Gasteiger partial charge >= 0.3 is 0 Å². The van der Waals surface area contributed by atoms with Gasteiger partial charge in [-0.05, 0) is 37.1 Å². The molecule has 1 heterocycles. The Balaban J connectivity index is 2.45. The molecule has 2 nitrogen and oxygen atoms in total. The summed E-state index contributed by atoms with van der Waals surface area (Å²) in [6.07, 6.45) is 1.73. The van der Waals surface area contributed by atoms with Crippen LogP contribution in [0, 0.1) is 0 Å². The fraction of sp³-hybridized carbons (Fsp3) is 0.214. The van der Waals surface area contributed by atoms with Crippen LogP contribution < -0.4 is 0 Å². The maximum Gasteiger partial charge on any atom is 0.101 e. The van der Waals surface area contributed by atoms with Crippen LogP contribution in [0.1, 0.15) is 19.5 Å². The normalized spacial score (nSPS) is 11.4. The number of hydrogen-bond donors (Lipinski definition) is 1. The van der Waals surface area contributed by atoms with Crippen molar-refractivity contribution in [2.45, 2.75) is 19.4 Å². The molecule has 2 heteroatoms. The number of pyridine rings is 1. The van der Waals surface area contributed by atoms with Gasteiger partial charge in [0.25, 0.3) is 0 Å². The van der Waals surface area contributed by atoms with Gasteiger partial charge in [-0.15, -0.1) is 0 Å². The van der Waals surface area contributed by atoms with Crippen LogP contribution in [-0.4, -0.2) is 10.1 Å². The monoisotopic (exact) mass is 213 g/mol. The van der Waals surface area contributed by atoms with Crippen molar-refractivity contribution in [2.75, 3.05) is 0 Å². The smallest absolute Gasteiger partial charge is 0.101 e. The molecular weight excluding hydrogens is 198 g/mol. The third-order valence-corrected chi connectivity index (χ3v) is 2.49. The molecule has 1 aromatic carbocycles. The summed E-state index contributed by atoms with van der Waals surface area (Å²) in [6, 6.07) is 14.0. The maximum atomic E-state index is 9.90. The first-order valence-electron chi connectivity index (χ1n) is 5.32. The van der Waals surface area contributed by atoms with E-state index in [2.05, 4.69) is 4.98 Å². The van der Waals surface area contributed by atoms with Crippen LogP contribution in [-0.2, 0) is 5.60 Å². The zero-order valence-corrected chi connectivity index (χ0v) is 9.51. The Morgan fingerprint density at radius 3 is 2.31 bits per heavy atom. The summed E-state index contributed by atoms with van der Waals surface area (Å²) >= 11 is 0. The van der Waals surface area contributed by atoms with Crippen molar-refractivity contribution < 1.29 is 5.11 Å². The Kier molecular flexibility index (Phi) is 2.75. The average Bonchev–Trinajstić information content (AvgIpc) is 2.29. The van der Waals surface area contributed by atoms with Crippen LogP contribution in [0.5, 0.6) is 0 Å². The maximum absolute atomic E-state index is 9.90. The van der Waals surface area contributed by atoms with Crippen molar-refractivity contribution in [2.24, 2.45) is 0 Å². The molecule has 2 aromatic rings. The molecule has 0 saturated heterocycles.